The van der Waals surface area contributed by atoms with Crippen LogP contribution in [0.4, 0.5) is 0 Å². The Morgan fingerprint density at radius 1 is 1.20 bits per heavy atom. The number of nitrogens with one attached hydrogen (secondary N) is 2. The Bertz CT molecular complexity index is 922. The van der Waals surface area contributed by atoms with Gasteiger partial charge < -0.3 is 10.3 Å². The number of carbonyl (C=O) groups is 2. The molecule has 3 aromatic rings. The molecule has 0 aliphatic heterocycles. The number of aryl methyl sites for hydroxylation is 1. The summed E-state index contributed by atoms with van der Waals surface area (Å²) in [5.41, 5.74) is 4.69. The summed E-state index contributed by atoms with van der Waals surface area (Å²) in [6.07, 6.45) is 1.54. The van der Waals surface area contributed by atoms with Gasteiger partial charge in [0.2, 0.25) is 0 Å². The molecule has 0 fully saturated rings. The molecule has 0 spiro atoms. The maximum atomic E-state index is 12.3. The van der Waals surface area contributed by atoms with Crippen LogP contribution in [0.5, 0.6) is 0 Å². The molecule has 0 atom stereocenters. The highest BCUT2D eigenvalue weighted by atomic mass is 16.2. The maximum absolute atomic E-state index is 12.3. The fraction of sp³-hybridized carbons (Fsp3) is 0.211. The predicted molar refractivity (Wildman–Crippen MR) is 95.0 cm³/mol. The summed E-state index contributed by atoms with van der Waals surface area (Å²) in [5.74, 6) is -0.329. The van der Waals surface area contributed by atoms with Gasteiger partial charge in [-0.1, -0.05) is 18.2 Å². The van der Waals surface area contributed by atoms with Gasteiger partial charge in [0.25, 0.3) is 5.91 Å². The van der Waals surface area contributed by atoms with Crippen LogP contribution in [0.1, 0.15) is 44.7 Å². The molecule has 0 aliphatic carbocycles. The van der Waals surface area contributed by atoms with Gasteiger partial charge in [-0.25, -0.2) is 4.68 Å². The highest BCUT2D eigenvalue weighted by Gasteiger charge is 2.15. The van der Waals surface area contributed by atoms with Gasteiger partial charge >= 0.3 is 0 Å². The molecule has 6 heteroatoms. The molecule has 0 unspecified atom stereocenters. The van der Waals surface area contributed by atoms with Crippen LogP contribution in [0.25, 0.3) is 5.69 Å². The second-order valence-corrected chi connectivity index (χ2v) is 5.94. The quantitative estimate of drug-likeness (QED) is 0.703. The smallest absolute Gasteiger partial charge is 0.267 e. The molecule has 0 bridgehead atoms. The topological polar surface area (TPSA) is 79.8 Å². The van der Waals surface area contributed by atoms with Crippen LogP contribution >= 0.6 is 0 Å². The van der Waals surface area contributed by atoms with Gasteiger partial charge in [0.05, 0.1) is 11.4 Å². The van der Waals surface area contributed by atoms with E-state index in [0.29, 0.717) is 17.8 Å². The van der Waals surface area contributed by atoms with Crippen molar-refractivity contribution in [1.29, 1.82) is 0 Å². The van der Waals surface area contributed by atoms with Crippen molar-refractivity contribution in [3.63, 3.8) is 0 Å². The van der Waals surface area contributed by atoms with Crippen molar-refractivity contribution < 1.29 is 9.59 Å². The van der Waals surface area contributed by atoms with Gasteiger partial charge in [0.15, 0.2) is 5.78 Å². The van der Waals surface area contributed by atoms with Crippen LogP contribution in [0.2, 0.25) is 0 Å². The molecule has 0 saturated carbocycles. The van der Waals surface area contributed by atoms with E-state index in [1.165, 1.54) is 6.92 Å². The largest absolute Gasteiger partial charge is 0.356 e. The van der Waals surface area contributed by atoms with E-state index in [0.717, 1.165) is 22.6 Å². The van der Waals surface area contributed by atoms with Gasteiger partial charge in [0.1, 0.15) is 5.69 Å². The number of hydrogen-bond acceptors (Lipinski definition) is 3. The number of carbonyl (C=O) groups excluding carboxylic acids is 2. The average molecular weight is 336 g/mol. The number of aromatic nitrogens is 3. The van der Waals surface area contributed by atoms with Gasteiger partial charge in [0, 0.05) is 29.6 Å². The van der Waals surface area contributed by atoms with Crippen molar-refractivity contribution in [3.8, 4) is 5.69 Å². The lowest BCUT2D eigenvalue weighted by molar-refractivity contribution is 0.0946. The first kappa shape index (κ1) is 16.7. The van der Waals surface area contributed by atoms with Gasteiger partial charge in [-0.2, -0.15) is 5.10 Å². The molecule has 2 heterocycles. The molecule has 3 rings (SSSR count). The Morgan fingerprint density at radius 2 is 1.92 bits per heavy atom. The third-order valence-corrected chi connectivity index (χ3v) is 4.20. The van der Waals surface area contributed by atoms with Gasteiger partial charge in [-0.05, 0) is 39.0 Å². The summed E-state index contributed by atoms with van der Waals surface area (Å²) in [7, 11) is 0. The lowest BCUT2D eigenvalue weighted by Gasteiger charge is -2.06. The van der Waals surface area contributed by atoms with E-state index in [4.69, 9.17) is 0 Å². The molecule has 0 aliphatic rings. The molecular formula is C19H20N4O2. The number of amides is 1. The van der Waals surface area contributed by atoms with E-state index in [1.807, 2.05) is 48.9 Å². The van der Waals surface area contributed by atoms with Crippen molar-refractivity contribution >= 4 is 11.7 Å². The molecule has 0 radical (unpaired) electrons. The number of aromatic amines is 1. The summed E-state index contributed by atoms with van der Waals surface area (Å²) in [4.78, 5) is 26.4. The van der Waals surface area contributed by atoms with Crippen LogP contribution < -0.4 is 5.32 Å². The first-order chi connectivity index (χ1) is 12.0. The number of benzene rings is 1. The monoisotopic (exact) mass is 336 g/mol. The first-order valence-electron chi connectivity index (χ1n) is 8.05. The molecule has 2 aromatic heterocycles. The van der Waals surface area contributed by atoms with Crippen molar-refractivity contribution in [1.82, 2.24) is 20.1 Å². The van der Waals surface area contributed by atoms with Crippen LogP contribution in [0.3, 0.4) is 0 Å². The van der Waals surface area contributed by atoms with E-state index in [-0.39, 0.29) is 11.7 Å². The van der Waals surface area contributed by atoms with Crippen molar-refractivity contribution in [2.45, 2.75) is 27.3 Å². The predicted octanol–water partition coefficient (Wildman–Crippen LogP) is 2.95. The van der Waals surface area contributed by atoms with Gasteiger partial charge in [-0.3, -0.25) is 9.59 Å². The number of rotatable bonds is 5. The van der Waals surface area contributed by atoms with Crippen LogP contribution in [0.15, 0.2) is 42.6 Å². The minimum atomic E-state index is -0.251. The number of para-hydroxylation sites is 1. The summed E-state index contributed by atoms with van der Waals surface area (Å²) in [6, 6.07) is 11.4. The summed E-state index contributed by atoms with van der Waals surface area (Å²) in [6.45, 7) is 5.75. The summed E-state index contributed by atoms with van der Waals surface area (Å²) >= 11 is 0. The number of H-pyrrole nitrogens is 1. The van der Waals surface area contributed by atoms with E-state index >= 15 is 0 Å². The molecule has 2 N–H and O–H groups in total. The molecule has 6 nitrogen and oxygen atoms in total. The van der Waals surface area contributed by atoms with E-state index in [9.17, 15) is 9.59 Å². The Morgan fingerprint density at radius 3 is 2.56 bits per heavy atom. The Kier molecular flexibility index (Phi) is 4.52. The molecule has 1 aromatic carbocycles. The van der Waals surface area contributed by atoms with E-state index in [1.54, 1.807) is 12.3 Å². The normalized spacial score (nSPS) is 10.7. The fourth-order valence-corrected chi connectivity index (χ4v) is 2.74. The SMILES string of the molecule is CC(=O)c1c[nH]c(C(=O)NCc2c(C)nn(-c3ccccc3)c2C)c1. The lowest BCUT2D eigenvalue weighted by atomic mass is 10.2. The summed E-state index contributed by atoms with van der Waals surface area (Å²) < 4.78 is 1.87. The van der Waals surface area contributed by atoms with E-state index < -0.39 is 0 Å². The Hall–Kier alpha value is -3.15. The third-order valence-electron chi connectivity index (χ3n) is 4.20. The van der Waals surface area contributed by atoms with Crippen LogP contribution in [-0.4, -0.2) is 26.5 Å². The molecule has 128 valence electrons. The third kappa shape index (κ3) is 3.38. The molecule has 25 heavy (non-hydrogen) atoms. The van der Waals surface area contributed by atoms with Crippen molar-refractivity contribution in [2.24, 2.45) is 0 Å². The van der Waals surface area contributed by atoms with Crippen LogP contribution in [-0.2, 0) is 6.54 Å². The Labute approximate surface area is 145 Å². The number of ketones is 1. The molecule has 1 amide bonds. The molecular weight excluding hydrogens is 316 g/mol. The zero-order valence-electron chi connectivity index (χ0n) is 14.5. The zero-order chi connectivity index (χ0) is 18.0. The highest BCUT2D eigenvalue weighted by Crippen LogP contribution is 2.17. The average Bonchev–Trinajstić information content (AvgIpc) is 3.20. The summed E-state index contributed by atoms with van der Waals surface area (Å²) in [5, 5.41) is 7.45. The standard InChI is InChI=1S/C19H20N4O2/c1-12-17(13(2)23(22-12)16-7-5-4-6-8-16)11-21-19(25)18-9-15(10-20-18)14(3)24/h4-10,20H,11H2,1-3H3,(H,21,25). The highest BCUT2D eigenvalue weighted by molar-refractivity contribution is 5.99. The minimum Gasteiger partial charge on any atom is -0.356 e. The number of hydrogen-bond donors (Lipinski definition) is 2. The Balaban J connectivity index is 1.76. The van der Waals surface area contributed by atoms with Crippen molar-refractivity contribution in [2.75, 3.05) is 0 Å². The maximum Gasteiger partial charge on any atom is 0.267 e. The second kappa shape index (κ2) is 6.76. The zero-order valence-corrected chi connectivity index (χ0v) is 14.5. The fourth-order valence-electron chi connectivity index (χ4n) is 2.74. The first-order valence-corrected chi connectivity index (χ1v) is 8.05. The second-order valence-electron chi connectivity index (χ2n) is 5.94. The number of Topliss-reactive ketones (excluding diaryl/α,β-unsaturated/α-hetero) is 1. The number of nitrogens with zero attached hydrogens (tertiary/aromatic N) is 2. The van der Waals surface area contributed by atoms with Gasteiger partial charge in [-0.15, -0.1) is 0 Å². The molecule has 0 saturated heterocycles. The van der Waals surface area contributed by atoms with Crippen molar-refractivity contribution in [3.05, 3.63) is 70.8 Å². The minimum absolute atomic E-state index is 0.0777. The van der Waals surface area contributed by atoms with E-state index in [2.05, 4.69) is 15.4 Å². The lowest BCUT2D eigenvalue weighted by Crippen LogP contribution is -2.23. The van der Waals surface area contributed by atoms with Crippen LogP contribution in [0, 0.1) is 13.8 Å².